The van der Waals surface area contributed by atoms with E-state index in [1.165, 1.54) is 12.1 Å². The third-order valence-corrected chi connectivity index (χ3v) is 4.99. The summed E-state index contributed by atoms with van der Waals surface area (Å²) in [5, 5.41) is 0. The Morgan fingerprint density at radius 1 is 1.33 bits per heavy atom. The van der Waals surface area contributed by atoms with Crippen LogP contribution in [-0.4, -0.2) is 39.0 Å². The summed E-state index contributed by atoms with van der Waals surface area (Å²) in [5.41, 5.74) is 5.93. The predicted octanol–water partition coefficient (Wildman–Crippen LogP) is 1.29. The lowest BCUT2D eigenvalue weighted by Crippen LogP contribution is -2.42. The normalized spacial score (nSPS) is 13.6. The Morgan fingerprint density at radius 3 is 2.48 bits per heavy atom. The Balaban J connectivity index is 2.94. The first-order valence-electron chi connectivity index (χ1n) is 7.07. The van der Waals surface area contributed by atoms with Crippen LogP contribution >= 0.6 is 0 Å². The first-order chi connectivity index (χ1) is 9.83. The fraction of sp³-hybridized carbons (Fsp3) is 0.571. The quantitative estimate of drug-likeness (QED) is 0.758. The van der Waals surface area contributed by atoms with Crippen molar-refractivity contribution >= 4 is 10.0 Å². The van der Waals surface area contributed by atoms with Crippen LogP contribution in [0.3, 0.4) is 0 Å². The summed E-state index contributed by atoms with van der Waals surface area (Å²) in [6.45, 7) is 8.15. The van der Waals surface area contributed by atoms with Crippen molar-refractivity contribution in [2.24, 2.45) is 5.73 Å². The van der Waals surface area contributed by atoms with E-state index < -0.39 is 15.8 Å². The molecule has 1 aromatic rings. The van der Waals surface area contributed by atoms with Gasteiger partial charge in [-0.25, -0.2) is 17.5 Å². The van der Waals surface area contributed by atoms with Crippen LogP contribution in [-0.2, 0) is 16.6 Å². The number of hydrogen-bond donors (Lipinski definition) is 2. The van der Waals surface area contributed by atoms with Crippen molar-refractivity contribution in [2.75, 3.05) is 19.6 Å². The van der Waals surface area contributed by atoms with Crippen LogP contribution in [0.5, 0.6) is 0 Å². The van der Waals surface area contributed by atoms with Crippen molar-refractivity contribution in [3.05, 3.63) is 29.6 Å². The second kappa shape index (κ2) is 7.84. The molecule has 0 saturated heterocycles. The second-order valence-corrected chi connectivity index (χ2v) is 6.65. The molecule has 0 aliphatic carbocycles. The molecule has 21 heavy (non-hydrogen) atoms. The van der Waals surface area contributed by atoms with Gasteiger partial charge < -0.3 is 10.6 Å². The van der Waals surface area contributed by atoms with Crippen LogP contribution in [0, 0.1) is 5.82 Å². The highest BCUT2D eigenvalue weighted by Crippen LogP contribution is 2.17. The summed E-state index contributed by atoms with van der Waals surface area (Å²) in [6, 6.07) is 3.34. The van der Waals surface area contributed by atoms with Crippen LogP contribution in [0.4, 0.5) is 4.39 Å². The Labute approximate surface area is 126 Å². The van der Waals surface area contributed by atoms with Crippen LogP contribution in [0.15, 0.2) is 23.1 Å². The van der Waals surface area contributed by atoms with Gasteiger partial charge in [0, 0.05) is 19.1 Å². The van der Waals surface area contributed by atoms with E-state index in [9.17, 15) is 12.8 Å². The number of hydrogen-bond acceptors (Lipinski definition) is 4. The average molecular weight is 317 g/mol. The maximum atomic E-state index is 13.3. The number of nitrogens with zero attached hydrogens (tertiary/aromatic N) is 1. The van der Waals surface area contributed by atoms with Crippen LogP contribution in [0.25, 0.3) is 0 Å². The molecule has 0 aliphatic rings. The Bertz CT molecular complexity index is 559. The topological polar surface area (TPSA) is 75.4 Å². The van der Waals surface area contributed by atoms with Gasteiger partial charge in [-0.3, -0.25) is 0 Å². The van der Waals surface area contributed by atoms with Crippen LogP contribution in [0.1, 0.15) is 26.3 Å². The van der Waals surface area contributed by atoms with Crippen molar-refractivity contribution in [3.8, 4) is 0 Å². The zero-order valence-corrected chi connectivity index (χ0v) is 13.6. The predicted molar refractivity (Wildman–Crippen MR) is 81.9 cm³/mol. The highest BCUT2D eigenvalue weighted by molar-refractivity contribution is 7.89. The van der Waals surface area contributed by atoms with E-state index >= 15 is 0 Å². The first kappa shape index (κ1) is 18.0. The van der Waals surface area contributed by atoms with E-state index in [1.807, 2.05) is 13.8 Å². The summed E-state index contributed by atoms with van der Waals surface area (Å²) in [4.78, 5) is 2.03. The molecule has 120 valence electrons. The van der Waals surface area contributed by atoms with E-state index in [-0.39, 0.29) is 17.5 Å². The molecule has 0 amide bonds. The third kappa shape index (κ3) is 5.03. The van der Waals surface area contributed by atoms with E-state index in [2.05, 4.69) is 9.62 Å². The van der Waals surface area contributed by atoms with Gasteiger partial charge in [-0.15, -0.1) is 0 Å². The Morgan fingerprint density at radius 2 is 1.95 bits per heavy atom. The molecule has 1 unspecified atom stereocenters. The number of benzene rings is 1. The largest absolute Gasteiger partial charge is 0.326 e. The van der Waals surface area contributed by atoms with Gasteiger partial charge in [0.2, 0.25) is 10.0 Å². The molecule has 5 nitrogen and oxygen atoms in total. The fourth-order valence-corrected chi connectivity index (χ4v) is 3.68. The fourth-order valence-electron chi connectivity index (χ4n) is 2.18. The number of halogens is 1. The first-order valence-corrected chi connectivity index (χ1v) is 8.55. The Hall–Kier alpha value is -1.02. The molecule has 0 spiro atoms. The van der Waals surface area contributed by atoms with Crippen molar-refractivity contribution < 1.29 is 12.8 Å². The average Bonchev–Trinajstić information content (AvgIpc) is 2.44. The van der Waals surface area contributed by atoms with Gasteiger partial charge in [-0.05, 0) is 37.7 Å². The lowest BCUT2D eigenvalue weighted by atomic mass is 10.2. The molecular formula is C14H24FN3O2S. The summed E-state index contributed by atoms with van der Waals surface area (Å²) in [5.74, 6) is -0.594. The highest BCUT2D eigenvalue weighted by Gasteiger charge is 2.21. The zero-order chi connectivity index (χ0) is 16.0. The molecule has 3 N–H and O–H groups in total. The molecule has 1 atom stereocenters. The third-order valence-electron chi connectivity index (χ3n) is 3.32. The van der Waals surface area contributed by atoms with E-state index in [4.69, 9.17) is 5.73 Å². The zero-order valence-electron chi connectivity index (χ0n) is 12.8. The minimum atomic E-state index is -3.78. The molecule has 1 aromatic carbocycles. The number of rotatable bonds is 8. The number of nitrogens with one attached hydrogen (secondary N) is 1. The van der Waals surface area contributed by atoms with Crippen molar-refractivity contribution in [3.63, 3.8) is 0 Å². The minimum absolute atomic E-state index is 0.0426. The van der Waals surface area contributed by atoms with E-state index in [0.717, 1.165) is 19.2 Å². The molecule has 0 aromatic heterocycles. The van der Waals surface area contributed by atoms with Gasteiger partial charge in [-0.1, -0.05) is 19.9 Å². The number of likely N-dealkylation sites (N-methyl/N-ethyl adjacent to an activating group) is 1. The lowest BCUT2D eigenvalue weighted by molar-refractivity contribution is 0.282. The van der Waals surface area contributed by atoms with Crippen molar-refractivity contribution in [2.45, 2.75) is 38.3 Å². The molecule has 0 heterocycles. The van der Waals surface area contributed by atoms with Crippen LogP contribution in [0.2, 0.25) is 0 Å². The molecular weight excluding hydrogens is 293 g/mol. The van der Waals surface area contributed by atoms with Gasteiger partial charge >= 0.3 is 0 Å². The molecule has 0 bridgehead atoms. The molecule has 7 heteroatoms. The Kier molecular flexibility index (Phi) is 6.73. The van der Waals surface area contributed by atoms with Gasteiger partial charge in [0.15, 0.2) is 0 Å². The van der Waals surface area contributed by atoms with Crippen LogP contribution < -0.4 is 10.5 Å². The highest BCUT2D eigenvalue weighted by atomic mass is 32.2. The SMILES string of the molecule is CCN(CC)CC(C)NS(=O)(=O)c1cc(F)ccc1CN. The lowest BCUT2D eigenvalue weighted by Gasteiger charge is -2.23. The standard InChI is InChI=1S/C14H24FN3O2S/c1-4-18(5-2)10-11(3)17-21(19,20)14-8-13(15)7-6-12(14)9-16/h6-8,11,17H,4-5,9-10,16H2,1-3H3. The molecule has 0 saturated carbocycles. The minimum Gasteiger partial charge on any atom is -0.326 e. The summed E-state index contributed by atoms with van der Waals surface area (Å²) < 4.78 is 40.7. The summed E-state index contributed by atoms with van der Waals surface area (Å²) in [7, 11) is -3.78. The maximum Gasteiger partial charge on any atom is 0.241 e. The maximum absolute atomic E-state index is 13.3. The number of nitrogens with two attached hydrogens (primary N) is 1. The molecule has 0 aliphatic heterocycles. The van der Waals surface area contributed by atoms with Gasteiger partial charge in [0.25, 0.3) is 0 Å². The van der Waals surface area contributed by atoms with Gasteiger partial charge in [0.1, 0.15) is 5.82 Å². The van der Waals surface area contributed by atoms with Crippen molar-refractivity contribution in [1.29, 1.82) is 0 Å². The van der Waals surface area contributed by atoms with Gasteiger partial charge in [0.05, 0.1) is 4.90 Å². The molecule has 0 radical (unpaired) electrons. The molecule has 1 rings (SSSR count). The summed E-state index contributed by atoms with van der Waals surface area (Å²) >= 11 is 0. The smallest absolute Gasteiger partial charge is 0.241 e. The summed E-state index contributed by atoms with van der Waals surface area (Å²) in [6.07, 6.45) is 0. The monoisotopic (exact) mass is 317 g/mol. The van der Waals surface area contributed by atoms with E-state index in [1.54, 1.807) is 6.92 Å². The second-order valence-electron chi connectivity index (χ2n) is 4.96. The van der Waals surface area contributed by atoms with E-state index in [0.29, 0.717) is 12.1 Å². The number of sulfonamides is 1. The van der Waals surface area contributed by atoms with Crippen molar-refractivity contribution in [1.82, 2.24) is 9.62 Å². The molecule has 0 fully saturated rings. The van der Waals surface area contributed by atoms with Gasteiger partial charge in [-0.2, -0.15) is 0 Å².